The SMILES string of the molecule is CCCCCC(=O)OC(C)OC(C)(C)CC(C)(C)C. The molecule has 0 aliphatic heterocycles. The average molecular weight is 272 g/mol. The second-order valence-electron chi connectivity index (χ2n) is 7.13. The number of esters is 1. The molecule has 0 aliphatic carbocycles. The summed E-state index contributed by atoms with van der Waals surface area (Å²) < 4.78 is 11.1. The molecule has 0 saturated heterocycles. The van der Waals surface area contributed by atoms with Gasteiger partial charge < -0.3 is 9.47 Å². The summed E-state index contributed by atoms with van der Waals surface area (Å²) >= 11 is 0. The first kappa shape index (κ1) is 18.4. The van der Waals surface area contributed by atoms with Crippen molar-refractivity contribution in [3.8, 4) is 0 Å². The van der Waals surface area contributed by atoms with Gasteiger partial charge in [-0.3, -0.25) is 4.79 Å². The van der Waals surface area contributed by atoms with E-state index in [1.165, 1.54) is 0 Å². The van der Waals surface area contributed by atoms with Gasteiger partial charge in [0.25, 0.3) is 0 Å². The third-order valence-electron chi connectivity index (χ3n) is 2.72. The van der Waals surface area contributed by atoms with Gasteiger partial charge in [0, 0.05) is 6.42 Å². The Kier molecular flexibility index (Phi) is 7.65. The highest BCUT2D eigenvalue weighted by Crippen LogP contribution is 2.30. The molecule has 0 aliphatic rings. The number of carbonyl (C=O) groups excluding carboxylic acids is 1. The maximum Gasteiger partial charge on any atom is 0.308 e. The Hall–Kier alpha value is -0.570. The summed E-state index contributed by atoms with van der Waals surface area (Å²) in [6.07, 6.45) is 4.00. The van der Waals surface area contributed by atoms with Crippen LogP contribution in [0.3, 0.4) is 0 Å². The smallest absolute Gasteiger partial charge is 0.308 e. The first-order chi connectivity index (χ1) is 8.56. The van der Waals surface area contributed by atoms with Gasteiger partial charge >= 0.3 is 5.97 Å². The molecular formula is C16H32O3. The predicted molar refractivity (Wildman–Crippen MR) is 78.9 cm³/mol. The van der Waals surface area contributed by atoms with E-state index in [1.807, 2.05) is 13.8 Å². The number of ether oxygens (including phenoxy) is 2. The lowest BCUT2D eigenvalue weighted by Gasteiger charge is -2.34. The summed E-state index contributed by atoms with van der Waals surface area (Å²) in [5, 5.41) is 0. The van der Waals surface area contributed by atoms with E-state index in [9.17, 15) is 4.79 Å². The minimum absolute atomic E-state index is 0.160. The van der Waals surface area contributed by atoms with Gasteiger partial charge in [0.1, 0.15) is 0 Å². The van der Waals surface area contributed by atoms with E-state index in [0.29, 0.717) is 6.42 Å². The van der Waals surface area contributed by atoms with E-state index < -0.39 is 6.29 Å². The van der Waals surface area contributed by atoms with Crippen molar-refractivity contribution in [2.24, 2.45) is 5.41 Å². The van der Waals surface area contributed by atoms with Gasteiger partial charge in [-0.05, 0) is 39.0 Å². The molecular weight excluding hydrogens is 240 g/mol. The Morgan fingerprint density at radius 1 is 1.11 bits per heavy atom. The van der Waals surface area contributed by atoms with E-state index in [4.69, 9.17) is 9.47 Å². The minimum Gasteiger partial charge on any atom is -0.436 e. The van der Waals surface area contributed by atoms with Crippen molar-refractivity contribution in [3.05, 3.63) is 0 Å². The molecule has 0 aromatic rings. The quantitative estimate of drug-likeness (QED) is 0.365. The number of rotatable bonds is 8. The second-order valence-corrected chi connectivity index (χ2v) is 7.13. The molecule has 0 rings (SSSR count). The van der Waals surface area contributed by atoms with Crippen molar-refractivity contribution in [2.45, 2.75) is 92.5 Å². The maximum absolute atomic E-state index is 11.6. The lowest BCUT2D eigenvalue weighted by Crippen LogP contribution is -2.35. The average Bonchev–Trinajstić information content (AvgIpc) is 2.11. The molecule has 3 nitrogen and oxygen atoms in total. The molecule has 0 fully saturated rings. The van der Waals surface area contributed by atoms with E-state index in [-0.39, 0.29) is 17.0 Å². The molecule has 3 heteroatoms. The highest BCUT2D eigenvalue weighted by Gasteiger charge is 2.28. The lowest BCUT2D eigenvalue weighted by atomic mass is 9.84. The molecule has 0 saturated carbocycles. The van der Waals surface area contributed by atoms with Gasteiger partial charge in [-0.25, -0.2) is 0 Å². The topological polar surface area (TPSA) is 35.5 Å². The van der Waals surface area contributed by atoms with E-state index in [1.54, 1.807) is 6.92 Å². The third kappa shape index (κ3) is 11.0. The summed E-state index contributed by atoms with van der Waals surface area (Å²) in [7, 11) is 0. The summed E-state index contributed by atoms with van der Waals surface area (Å²) in [6, 6.07) is 0. The first-order valence-electron chi connectivity index (χ1n) is 7.43. The van der Waals surface area contributed by atoms with Crippen LogP contribution in [0, 0.1) is 5.41 Å². The molecule has 1 unspecified atom stereocenters. The standard InChI is InChI=1S/C16H32O3/c1-8-9-10-11-14(17)18-13(2)19-16(6,7)12-15(3,4)5/h13H,8-12H2,1-7H3. The van der Waals surface area contributed by atoms with Crippen molar-refractivity contribution in [2.75, 3.05) is 0 Å². The molecule has 0 amide bonds. The number of hydrogen-bond donors (Lipinski definition) is 0. The summed E-state index contributed by atoms with van der Waals surface area (Å²) in [6.45, 7) is 14.5. The lowest BCUT2D eigenvalue weighted by molar-refractivity contribution is -0.204. The Morgan fingerprint density at radius 2 is 1.68 bits per heavy atom. The second kappa shape index (κ2) is 7.88. The van der Waals surface area contributed by atoms with Crippen LogP contribution in [0.5, 0.6) is 0 Å². The fraction of sp³-hybridized carbons (Fsp3) is 0.938. The van der Waals surface area contributed by atoms with Gasteiger partial charge in [0.05, 0.1) is 5.60 Å². The van der Waals surface area contributed by atoms with Gasteiger partial charge in [0.2, 0.25) is 6.29 Å². The summed E-state index contributed by atoms with van der Waals surface area (Å²) in [5.41, 5.74) is -0.101. The van der Waals surface area contributed by atoms with Crippen LogP contribution in [0.1, 0.15) is 80.6 Å². The van der Waals surface area contributed by atoms with Crippen molar-refractivity contribution in [1.82, 2.24) is 0 Å². The zero-order valence-corrected chi connectivity index (χ0v) is 13.8. The largest absolute Gasteiger partial charge is 0.436 e. The van der Waals surface area contributed by atoms with Crippen LogP contribution < -0.4 is 0 Å². The molecule has 0 aromatic carbocycles. The van der Waals surface area contributed by atoms with E-state index >= 15 is 0 Å². The number of carbonyl (C=O) groups is 1. The zero-order chi connectivity index (χ0) is 15.1. The van der Waals surface area contributed by atoms with E-state index in [0.717, 1.165) is 25.7 Å². The molecule has 0 bridgehead atoms. The van der Waals surface area contributed by atoms with Gasteiger partial charge in [-0.1, -0.05) is 40.5 Å². The van der Waals surface area contributed by atoms with E-state index in [2.05, 4.69) is 27.7 Å². The monoisotopic (exact) mass is 272 g/mol. The normalized spacial score (nSPS) is 14.3. The third-order valence-corrected chi connectivity index (χ3v) is 2.72. The summed E-state index contributed by atoms with van der Waals surface area (Å²) in [5.74, 6) is -0.160. The molecule has 0 aromatic heterocycles. The van der Waals surface area contributed by atoms with Crippen LogP contribution in [0.25, 0.3) is 0 Å². The van der Waals surface area contributed by atoms with Crippen LogP contribution in [0.4, 0.5) is 0 Å². The highest BCUT2D eigenvalue weighted by molar-refractivity contribution is 5.69. The molecule has 0 radical (unpaired) electrons. The van der Waals surface area contributed by atoms with Crippen LogP contribution in [-0.4, -0.2) is 17.9 Å². The van der Waals surface area contributed by atoms with Gasteiger partial charge in [-0.2, -0.15) is 0 Å². The molecule has 19 heavy (non-hydrogen) atoms. The first-order valence-corrected chi connectivity index (χ1v) is 7.43. The Labute approximate surface area is 119 Å². The van der Waals surface area contributed by atoms with Gasteiger partial charge in [0.15, 0.2) is 0 Å². The van der Waals surface area contributed by atoms with Crippen molar-refractivity contribution >= 4 is 5.97 Å². The van der Waals surface area contributed by atoms with Crippen molar-refractivity contribution < 1.29 is 14.3 Å². The minimum atomic E-state index is -0.480. The van der Waals surface area contributed by atoms with Crippen molar-refractivity contribution in [1.29, 1.82) is 0 Å². The Balaban J connectivity index is 4.08. The predicted octanol–water partition coefficient (Wildman–Crippen LogP) is 4.69. The number of hydrogen-bond acceptors (Lipinski definition) is 3. The molecule has 0 spiro atoms. The fourth-order valence-corrected chi connectivity index (χ4v) is 2.56. The summed E-state index contributed by atoms with van der Waals surface area (Å²) in [4.78, 5) is 11.6. The number of unbranched alkanes of at least 4 members (excludes halogenated alkanes) is 2. The zero-order valence-electron chi connectivity index (χ0n) is 13.8. The Morgan fingerprint density at radius 3 is 2.16 bits per heavy atom. The molecule has 0 heterocycles. The Bertz CT molecular complexity index is 264. The molecule has 0 N–H and O–H groups in total. The van der Waals surface area contributed by atoms with Gasteiger partial charge in [-0.15, -0.1) is 0 Å². The molecule has 1 atom stereocenters. The highest BCUT2D eigenvalue weighted by atomic mass is 16.7. The fourth-order valence-electron chi connectivity index (χ4n) is 2.56. The van der Waals surface area contributed by atoms with Crippen LogP contribution in [-0.2, 0) is 14.3 Å². The maximum atomic E-state index is 11.6. The van der Waals surface area contributed by atoms with Crippen molar-refractivity contribution in [3.63, 3.8) is 0 Å². The van der Waals surface area contributed by atoms with Crippen LogP contribution in [0.2, 0.25) is 0 Å². The van der Waals surface area contributed by atoms with Crippen LogP contribution in [0.15, 0.2) is 0 Å². The van der Waals surface area contributed by atoms with Crippen LogP contribution >= 0.6 is 0 Å². The molecule has 114 valence electrons.